The summed E-state index contributed by atoms with van der Waals surface area (Å²) in [6.07, 6.45) is 10.8. The molecule has 1 unspecified atom stereocenters. The van der Waals surface area contributed by atoms with Crippen LogP contribution in [-0.2, 0) is 15.6 Å². The highest BCUT2D eigenvalue weighted by atomic mass is 16.4. The lowest BCUT2D eigenvalue weighted by Crippen LogP contribution is -2.31. The molecule has 1 heterocycles. The molecule has 0 radical (unpaired) electrons. The Morgan fingerprint density at radius 3 is 2.26 bits per heavy atom. The van der Waals surface area contributed by atoms with E-state index in [0.717, 1.165) is 45.1 Å². The number of unbranched alkanes of at least 4 members (excludes halogenated alkanes) is 3. The summed E-state index contributed by atoms with van der Waals surface area (Å²) >= 11 is 0. The van der Waals surface area contributed by atoms with Crippen LogP contribution in [0.15, 0.2) is 60.7 Å². The first-order valence-electron chi connectivity index (χ1n) is 16.1. The van der Waals surface area contributed by atoms with Gasteiger partial charge in [0.2, 0.25) is 5.69 Å². The molecule has 0 saturated carbocycles. The highest BCUT2D eigenvalue weighted by Gasteiger charge is 2.49. The van der Waals surface area contributed by atoms with Crippen LogP contribution in [-0.4, -0.2) is 42.0 Å². The molecule has 3 aromatic rings. The number of allylic oxidation sites excluding steroid dienone is 1. The third kappa shape index (κ3) is 5.81. The Labute approximate surface area is 258 Å². The van der Waals surface area contributed by atoms with Crippen LogP contribution in [0.3, 0.4) is 0 Å². The van der Waals surface area contributed by atoms with Gasteiger partial charge in [-0.3, -0.25) is 4.79 Å². The molecule has 4 nitrogen and oxygen atoms in total. The Hall–Kier alpha value is -3.66. The van der Waals surface area contributed by atoms with Crippen molar-refractivity contribution in [2.24, 2.45) is 0 Å². The number of aryl methyl sites for hydroxylation is 1. The number of carbonyl (C=O) groups is 1. The van der Waals surface area contributed by atoms with E-state index in [0.29, 0.717) is 0 Å². The zero-order chi connectivity index (χ0) is 30.9. The van der Waals surface area contributed by atoms with Crippen molar-refractivity contribution in [3.8, 4) is 11.1 Å². The lowest BCUT2D eigenvalue weighted by molar-refractivity contribution is -0.438. The summed E-state index contributed by atoms with van der Waals surface area (Å²) < 4.78 is 2.60. The van der Waals surface area contributed by atoms with E-state index in [1.54, 1.807) is 0 Å². The van der Waals surface area contributed by atoms with Crippen molar-refractivity contribution in [1.82, 2.24) is 0 Å². The lowest BCUT2D eigenvalue weighted by Gasteiger charge is -2.24. The molecule has 0 bridgehead atoms. The van der Waals surface area contributed by atoms with E-state index < -0.39 is 5.97 Å². The van der Waals surface area contributed by atoms with Crippen molar-refractivity contribution in [1.29, 1.82) is 0 Å². The zero-order valence-electron chi connectivity index (χ0n) is 27.3. The Morgan fingerprint density at radius 2 is 1.58 bits per heavy atom. The fourth-order valence-electron chi connectivity index (χ4n) is 7.20. The fourth-order valence-corrected chi connectivity index (χ4v) is 7.20. The molecule has 0 fully saturated rings. The molecule has 5 rings (SSSR count). The Morgan fingerprint density at radius 1 is 0.860 bits per heavy atom. The number of anilines is 1. The average molecular weight is 578 g/mol. The van der Waals surface area contributed by atoms with E-state index in [1.165, 1.54) is 56.0 Å². The highest BCUT2D eigenvalue weighted by Crippen LogP contribution is 2.54. The number of aliphatic carboxylic acids is 1. The number of fused-ring (bicyclic) bond motifs is 4. The van der Waals surface area contributed by atoms with Crippen molar-refractivity contribution in [2.45, 2.75) is 90.4 Å². The summed E-state index contributed by atoms with van der Waals surface area (Å²) in [5.74, 6) is -0.703. The molecule has 226 valence electrons. The molecule has 4 heteroatoms. The molecule has 0 saturated heterocycles. The first-order chi connectivity index (χ1) is 20.5. The largest absolute Gasteiger partial charge is 0.481 e. The summed E-state index contributed by atoms with van der Waals surface area (Å²) in [6, 6.07) is 20.7. The van der Waals surface area contributed by atoms with Gasteiger partial charge in [0, 0.05) is 55.7 Å². The van der Waals surface area contributed by atoms with Crippen LogP contribution < -0.4 is 4.90 Å². The molecule has 1 aliphatic carbocycles. The SMILES string of the molecule is CCCC[N+]1=C(/C=C/c2ccc(N(C)C)cc2)C(C)(CCCCCC(=O)O)c2cc3c(cc21)C(C)(C)c1cc(C)ccc1-3. The van der Waals surface area contributed by atoms with Crippen LogP contribution in [0, 0.1) is 6.92 Å². The number of hydrogen-bond donors (Lipinski definition) is 1. The maximum atomic E-state index is 11.2. The maximum Gasteiger partial charge on any atom is 0.303 e. The van der Waals surface area contributed by atoms with Crippen molar-refractivity contribution >= 4 is 29.1 Å². The summed E-state index contributed by atoms with van der Waals surface area (Å²) in [5, 5.41) is 9.20. The van der Waals surface area contributed by atoms with E-state index >= 15 is 0 Å². The summed E-state index contributed by atoms with van der Waals surface area (Å²) in [4.78, 5) is 13.3. The van der Waals surface area contributed by atoms with Crippen LogP contribution in [0.2, 0.25) is 0 Å². The van der Waals surface area contributed by atoms with Gasteiger partial charge in [-0.05, 0) is 78.8 Å². The van der Waals surface area contributed by atoms with Gasteiger partial charge in [0.15, 0.2) is 5.71 Å². The summed E-state index contributed by atoms with van der Waals surface area (Å²) in [6.45, 7) is 12.6. The van der Waals surface area contributed by atoms with Gasteiger partial charge in [-0.2, -0.15) is 4.58 Å². The molecule has 0 spiro atoms. The van der Waals surface area contributed by atoms with Crippen molar-refractivity contribution in [3.05, 3.63) is 88.5 Å². The third-order valence-corrected chi connectivity index (χ3v) is 9.83. The number of hydrogen-bond acceptors (Lipinski definition) is 2. The van der Waals surface area contributed by atoms with E-state index in [2.05, 4.69) is 125 Å². The van der Waals surface area contributed by atoms with E-state index in [9.17, 15) is 9.90 Å². The van der Waals surface area contributed by atoms with Crippen molar-refractivity contribution < 1.29 is 14.5 Å². The minimum Gasteiger partial charge on any atom is -0.481 e. The van der Waals surface area contributed by atoms with E-state index in [4.69, 9.17) is 0 Å². The number of rotatable bonds is 12. The van der Waals surface area contributed by atoms with Gasteiger partial charge in [-0.15, -0.1) is 0 Å². The van der Waals surface area contributed by atoms with Gasteiger partial charge in [0.25, 0.3) is 0 Å². The second-order valence-corrected chi connectivity index (χ2v) is 13.6. The van der Waals surface area contributed by atoms with Crippen molar-refractivity contribution in [2.75, 3.05) is 25.5 Å². The fraction of sp³-hybridized carbons (Fsp3) is 0.436. The molecule has 43 heavy (non-hydrogen) atoms. The quantitative estimate of drug-likeness (QED) is 0.172. The van der Waals surface area contributed by atoms with E-state index in [-0.39, 0.29) is 17.3 Å². The summed E-state index contributed by atoms with van der Waals surface area (Å²) in [5.41, 5.74) is 13.2. The molecule has 1 aliphatic heterocycles. The number of nitrogens with zero attached hydrogens (tertiary/aromatic N) is 2. The standard InChI is InChI=1S/C39H48N2O2/c1-8-9-23-41-35-26-33-31(30-20-14-27(2)24-32(30)38(33,3)4)25-34(35)39(5,22-12-10-11-13-37(42)43)36(41)21-17-28-15-18-29(19-16-28)40(6)7/h14-21,24-26H,8-13,22-23H2,1-7H3/p+1. The second kappa shape index (κ2) is 12.1. The average Bonchev–Trinajstić information content (AvgIpc) is 3.33. The predicted octanol–water partition coefficient (Wildman–Crippen LogP) is 9.27. The van der Waals surface area contributed by atoms with Crippen LogP contribution >= 0.6 is 0 Å². The van der Waals surface area contributed by atoms with Crippen LogP contribution in [0.1, 0.15) is 100 Å². The normalized spacial score (nSPS) is 18.2. The van der Waals surface area contributed by atoms with Crippen LogP contribution in [0.4, 0.5) is 11.4 Å². The molecular weight excluding hydrogens is 528 g/mol. The number of carboxylic acid groups (broad SMARTS) is 1. The Bertz CT molecular complexity index is 1580. The molecule has 0 aromatic heterocycles. The topological polar surface area (TPSA) is 43.5 Å². The minimum absolute atomic E-state index is 0.0534. The first-order valence-corrected chi connectivity index (χ1v) is 16.1. The smallest absolute Gasteiger partial charge is 0.303 e. The minimum atomic E-state index is -0.703. The van der Waals surface area contributed by atoms with Gasteiger partial charge < -0.3 is 10.0 Å². The Balaban J connectivity index is 1.62. The highest BCUT2D eigenvalue weighted by molar-refractivity contribution is 6.06. The van der Waals surface area contributed by atoms with Gasteiger partial charge in [-0.1, -0.05) is 75.9 Å². The third-order valence-electron chi connectivity index (χ3n) is 9.83. The monoisotopic (exact) mass is 577 g/mol. The molecular formula is C39H49N2O2+. The Kier molecular flexibility index (Phi) is 8.70. The van der Waals surface area contributed by atoms with Gasteiger partial charge in [0.05, 0.1) is 5.41 Å². The molecule has 2 aliphatic rings. The van der Waals surface area contributed by atoms with E-state index in [1.807, 2.05) is 0 Å². The molecule has 1 N–H and O–H groups in total. The first kappa shape index (κ1) is 30.8. The maximum absolute atomic E-state index is 11.2. The van der Waals surface area contributed by atoms with Crippen LogP contribution in [0.5, 0.6) is 0 Å². The molecule has 0 amide bonds. The van der Waals surface area contributed by atoms with Crippen LogP contribution in [0.25, 0.3) is 17.2 Å². The second-order valence-electron chi connectivity index (χ2n) is 13.6. The van der Waals surface area contributed by atoms with Gasteiger partial charge >= 0.3 is 5.97 Å². The predicted molar refractivity (Wildman–Crippen MR) is 181 cm³/mol. The molecule has 1 atom stereocenters. The lowest BCUT2D eigenvalue weighted by atomic mass is 9.73. The zero-order valence-corrected chi connectivity index (χ0v) is 27.3. The van der Waals surface area contributed by atoms with Crippen molar-refractivity contribution in [3.63, 3.8) is 0 Å². The number of carboxylic acids is 1. The van der Waals surface area contributed by atoms with Gasteiger partial charge in [-0.25, -0.2) is 0 Å². The van der Waals surface area contributed by atoms with Gasteiger partial charge in [0.1, 0.15) is 6.54 Å². The number of benzene rings is 3. The molecule has 3 aromatic carbocycles. The summed E-state index contributed by atoms with van der Waals surface area (Å²) in [7, 11) is 4.14.